The molecule has 0 saturated heterocycles. The number of rotatable bonds is 7. The molecular weight excluding hydrogens is 248 g/mol. The first-order valence-corrected chi connectivity index (χ1v) is 7.71. The Kier molecular flexibility index (Phi) is 5.78. The van der Waals surface area contributed by atoms with Gasteiger partial charge in [0.15, 0.2) is 0 Å². The number of benzene rings is 1. The molecular formula is C13H22N2O2S. The largest absolute Gasteiger partial charge is 0.320 e. The standard InChI is InChI=1S/C13H22N2O2S/c1-12-7-4-5-8-13(12)11-15(3)18(16,17)10-6-9-14-2/h4-5,7-8,14H,6,9-11H2,1-3H3. The molecule has 0 saturated carbocycles. The van der Waals surface area contributed by atoms with Crippen molar-refractivity contribution in [2.45, 2.75) is 19.9 Å². The van der Waals surface area contributed by atoms with E-state index in [1.807, 2.05) is 38.2 Å². The van der Waals surface area contributed by atoms with Crippen LogP contribution in [0, 0.1) is 6.92 Å². The van der Waals surface area contributed by atoms with Gasteiger partial charge in [0.1, 0.15) is 0 Å². The van der Waals surface area contributed by atoms with Gasteiger partial charge in [0.05, 0.1) is 5.75 Å². The summed E-state index contributed by atoms with van der Waals surface area (Å²) in [5.41, 5.74) is 2.17. The lowest BCUT2D eigenvalue weighted by molar-refractivity contribution is 0.464. The average Bonchev–Trinajstić information content (AvgIpc) is 2.32. The summed E-state index contributed by atoms with van der Waals surface area (Å²) in [7, 11) is 0.309. The van der Waals surface area contributed by atoms with Crippen LogP contribution in [-0.4, -0.2) is 39.1 Å². The molecule has 0 aliphatic carbocycles. The fraction of sp³-hybridized carbons (Fsp3) is 0.538. The summed E-state index contributed by atoms with van der Waals surface area (Å²) in [6, 6.07) is 7.86. The van der Waals surface area contributed by atoms with Crippen molar-refractivity contribution in [3.8, 4) is 0 Å². The smallest absolute Gasteiger partial charge is 0.214 e. The van der Waals surface area contributed by atoms with Crippen molar-refractivity contribution < 1.29 is 8.42 Å². The Bertz CT molecular complexity index is 472. The zero-order chi connectivity index (χ0) is 13.6. The van der Waals surface area contributed by atoms with E-state index in [1.165, 1.54) is 4.31 Å². The predicted molar refractivity (Wildman–Crippen MR) is 75.0 cm³/mol. The third-order valence-electron chi connectivity index (χ3n) is 2.96. The Morgan fingerprint density at radius 2 is 1.94 bits per heavy atom. The van der Waals surface area contributed by atoms with Crippen molar-refractivity contribution in [1.29, 1.82) is 0 Å². The van der Waals surface area contributed by atoms with Gasteiger partial charge >= 0.3 is 0 Å². The Morgan fingerprint density at radius 1 is 1.28 bits per heavy atom. The normalized spacial score (nSPS) is 12.0. The van der Waals surface area contributed by atoms with Crippen molar-refractivity contribution >= 4 is 10.0 Å². The molecule has 1 rings (SSSR count). The second kappa shape index (κ2) is 6.87. The highest BCUT2D eigenvalue weighted by Gasteiger charge is 2.17. The molecule has 4 nitrogen and oxygen atoms in total. The Morgan fingerprint density at radius 3 is 2.56 bits per heavy atom. The van der Waals surface area contributed by atoms with Crippen LogP contribution >= 0.6 is 0 Å². The molecule has 0 amide bonds. The summed E-state index contributed by atoms with van der Waals surface area (Å²) in [5, 5.41) is 2.96. The van der Waals surface area contributed by atoms with Gasteiger partial charge in [-0.3, -0.25) is 0 Å². The third kappa shape index (κ3) is 4.40. The summed E-state index contributed by atoms with van der Waals surface area (Å²) in [6.45, 7) is 3.16. The van der Waals surface area contributed by atoms with Gasteiger partial charge in [0.2, 0.25) is 10.0 Å². The maximum atomic E-state index is 12.0. The molecule has 18 heavy (non-hydrogen) atoms. The van der Waals surface area contributed by atoms with Crippen molar-refractivity contribution in [2.75, 3.05) is 26.4 Å². The molecule has 5 heteroatoms. The van der Waals surface area contributed by atoms with Gasteiger partial charge in [0.25, 0.3) is 0 Å². The van der Waals surface area contributed by atoms with E-state index in [0.29, 0.717) is 13.0 Å². The minimum absolute atomic E-state index is 0.191. The predicted octanol–water partition coefficient (Wildman–Crippen LogP) is 1.37. The number of hydrogen-bond acceptors (Lipinski definition) is 3. The molecule has 0 atom stereocenters. The topological polar surface area (TPSA) is 49.4 Å². The highest BCUT2D eigenvalue weighted by Crippen LogP contribution is 2.12. The van der Waals surface area contributed by atoms with Crippen LogP contribution in [-0.2, 0) is 16.6 Å². The van der Waals surface area contributed by atoms with Gasteiger partial charge in [-0.05, 0) is 38.1 Å². The minimum atomic E-state index is -3.15. The maximum Gasteiger partial charge on any atom is 0.214 e. The number of nitrogens with one attached hydrogen (secondary N) is 1. The van der Waals surface area contributed by atoms with Gasteiger partial charge in [-0.2, -0.15) is 0 Å². The summed E-state index contributed by atoms with van der Waals surface area (Å²) in [5.74, 6) is 0.191. The monoisotopic (exact) mass is 270 g/mol. The lowest BCUT2D eigenvalue weighted by Gasteiger charge is -2.18. The molecule has 0 aromatic heterocycles. The van der Waals surface area contributed by atoms with Crippen LogP contribution in [0.15, 0.2) is 24.3 Å². The van der Waals surface area contributed by atoms with E-state index in [-0.39, 0.29) is 5.75 Å². The van der Waals surface area contributed by atoms with Crippen molar-refractivity contribution in [3.63, 3.8) is 0 Å². The second-order valence-electron chi connectivity index (χ2n) is 4.46. The highest BCUT2D eigenvalue weighted by molar-refractivity contribution is 7.89. The zero-order valence-electron chi connectivity index (χ0n) is 11.3. The maximum absolute atomic E-state index is 12.0. The van der Waals surface area contributed by atoms with Gasteiger partial charge in [-0.25, -0.2) is 12.7 Å². The molecule has 0 fully saturated rings. The quantitative estimate of drug-likeness (QED) is 0.761. The number of sulfonamides is 1. The van der Waals surface area contributed by atoms with Gasteiger partial charge < -0.3 is 5.32 Å². The Balaban J connectivity index is 2.64. The molecule has 102 valence electrons. The molecule has 0 bridgehead atoms. The van der Waals surface area contributed by atoms with Crippen LogP contribution in [0.25, 0.3) is 0 Å². The van der Waals surface area contributed by atoms with E-state index < -0.39 is 10.0 Å². The summed E-state index contributed by atoms with van der Waals surface area (Å²) in [6.07, 6.45) is 0.636. The Labute approximate surface area is 110 Å². The Hall–Kier alpha value is -0.910. The first kappa shape index (κ1) is 15.1. The molecule has 0 radical (unpaired) electrons. The molecule has 1 N–H and O–H groups in total. The minimum Gasteiger partial charge on any atom is -0.320 e. The van der Waals surface area contributed by atoms with E-state index in [9.17, 15) is 8.42 Å². The SMILES string of the molecule is CNCCCS(=O)(=O)N(C)Cc1ccccc1C. The van der Waals surface area contributed by atoms with E-state index in [0.717, 1.165) is 17.7 Å². The van der Waals surface area contributed by atoms with Crippen LogP contribution in [0.4, 0.5) is 0 Å². The fourth-order valence-electron chi connectivity index (χ4n) is 1.71. The van der Waals surface area contributed by atoms with Crippen molar-refractivity contribution in [3.05, 3.63) is 35.4 Å². The van der Waals surface area contributed by atoms with Crippen LogP contribution in [0.2, 0.25) is 0 Å². The molecule has 0 unspecified atom stereocenters. The zero-order valence-corrected chi connectivity index (χ0v) is 12.1. The number of aryl methyl sites for hydroxylation is 1. The highest BCUT2D eigenvalue weighted by atomic mass is 32.2. The van der Waals surface area contributed by atoms with E-state index in [4.69, 9.17) is 0 Å². The number of hydrogen-bond donors (Lipinski definition) is 1. The molecule has 0 aliphatic heterocycles. The second-order valence-corrected chi connectivity index (χ2v) is 6.65. The van der Waals surface area contributed by atoms with E-state index >= 15 is 0 Å². The molecule has 0 spiro atoms. The van der Waals surface area contributed by atoms with Crippen LogP contribution in [0.3, 0.4) is 0 Å². The first-order chi connectivity index (χ1) is 8.47. The van der Waals surface area contributed by atoms with Gasteiger partial charge in [-0.15, -0.1) is 0 Å². The summed E-state index contributed by atoms with van der Waals surface area (Å²) in [4.78, 5) is 0. The van der Waals surface area contributed by atoms with Gasteiger partial charge in [0, 0.05) is 13.6 Å². The summed E-state index contributed by atoms with van der Waals surface area (Å²) < 4.78 is 25.5. The molecule has 0 heterocycles. The van der Waals surface area contributed by atoms with Crippen LogP contribution < -0.4 is 5.32 Å². The fourth-order valence-corrected chi connectivity index (χ4v) is 2.87. The van der Waals surface area contributed by atoms with Crippen molar-refractivity contribution in [1.82, 2.24) is 9.62 Å². The van der Waals surface area contributed by atoms with Crippen molar-refractivity contribution in [2.24, 2.45) is 0 Å². The van der Waals surface area contributed by atoms with E-state index in [2.05, 4.69) is 5.32 Å². The third-order valence-corrected chi connectivity index (χ3v) is 4.84. The lowest BCUT2D eigenvalue weighted by Crippen LogP contribution is -2.30. The van der Waals surface area contributed by atoms with E-state index in [1.54, 1.807) is 7.05 Å². The first-order valence-electron chi connectivity index (χ1n) is 6.10. The molecule has 1 aromatic rings. The molecule has 0 aliphatic rings. The number of nitrogens with zero attached hydrogens (tertiary/aromatic N) is 1. The average molecular weight is 270 g/mol. The van der Waals surface area contributed by atoms with Gasteiger partial charge in [-0.1, -0.05) is 24.3 Å². The summed E-state index contributed by atoms with van der Waals surface area (Å²) >= 11 is 0. The van der Waals surface area contributed by atoms with Crippen LogP contribution in [0.1, 0.15) is 17.5 Å². The lowest BCUT2D eigenvalue weighted by atomic mass is 10.1. The molecule has 1 aromatic carbocycles. The van der Waals surface area contributed by atoms with Crippen LogP contribution in [0.5, 0.6) is 0 Å².